The van der Waals surface area contributed by atoms with Gasteiger partial charge in [0.05, 0.1) is 28.0 Å². The van der Waals surface area contributed by atoms with Crippen molar-refractivity contribution in [2.45, 2.75) is 84.4 Å². The van der Waals surface area contributed by atoms with Crippen molar-refractivity contribution in [1.29, 1.82) is 0 Å². The third-order valence-corrected chi connectivity index (χ3v) is 14.5. The average molecular weight is 940 g/mol. The zero-order valence-electron chi connectivity index (χ0n) is 44.2. The van der Waals surface area contributed by atoms with Gasteiger partial charge < -0.3 is 5.11 Å². The largest absolute Gasteiger partial charge is 0.507 e. The number of para-hydroxylation sites is 1. The summed E-state index contributed by atoms with van der Waals surface area (Å²) < 4.78 is 20.3. The number of rotatable bonds is 10. The van der Waals surface area contributed by atoms with Crippen LogP contribution in [-0.2, 0) is 17.2 Å². The molecule has 0 aliphatic heterocycles. The summed E-state index contributed by atoms with van der Waals surface area (Å²) in [4.78, 5) is 10.7. The molecule has 0 atom stereocenters. The van der Waals surface area contributed by atoms with Gasteiger partial charge in [-0.25, -0.2) is 4.98 Å². The van der Waals surface area contributed by atoms with Crippen LogP contribution in [0.4, 0.5) is 0 Å². The van der Waals surface area contributed by atoms with Crippen LogP contribution < -0.4 is 0 Å². The second-order valence-corrected chi connectivity index (χ2v) is 21.6. The molecule has 0 spiro atoms. The van der Waals surface area contributed by atoms with E-state index in [-0.39, 0.29) is 22.5 Å². The van der Waals surface area contributed by atoms with Crippen LogP contribution in [0.2, 0.25) is 0 Å². The van der Waals surface area contributed by atoms with Crippen molar-refractivity contribution < 1.29 is 7.85 Å². The fourth-order valence-electron chi connectivity index (χ4n) is 10.4. The van der Waals surface area contributed by atoms with Crippen LogP contribution in [0.1, 0.15) is 86.7 Å². The average Bonchev–Trinajstić information content (AvgIpc) is 4.12. The third kappa shape index (κ3) is 9.30. The predicted molar refractivity (Wildman–Crippen MR) is 302 cm³/mol. The van der Waals surface area contributed by atoms with Gasteiger partial charge in [-0.15, -0.1) is 0 Å². The fourth-order valence-corrected chi connectivity index (χ4v) is 10.4. The maximum Gasteiger partial charge on any atom is 0.149 e. The van der Waals surface area contributed by atoms with Gasteiger partial charge in [0, 0.05) is 31.2 Å². The Morgan fingerprint density at radius 2 is 1.08 bits per heavy atom. The number of aromatic nitrogens is 3. The first-order valence-electron chi connectivity index (χ1n) is 26.6. The van der Waals surface area contributed by atoms with Gasteiger partial charge in [0.1, 0.15) is 11.6 Å². The zero-order valence-corrected chi connectivity index (χ0v) is 42.2. The van der Waals surface area contributed by atoms with E-state index >= 15 is 0 Å². The summed E-state index contributed by atoms with van der Waals surface area (Å²) >= 11 is 0. The first-order chi connectivity index (χ1) is 35.6. The molecule has 0 radical (unpaired) electrons. The van der Waals surface area contributed by atoms with Gasteiger partial charge in [-0.2, -0.15) is 0 Å². The molecule has 2 heterocycles. The number of nitrogens with zero attached hydrogens (tertiary/aromatic N) is 3. The molecule has 0 bridgehead atoms. The lowest BCUT2D eigenvalue weighted by Gasteiger charge is -2.24. The number of phenols is 1. The Bertz CT molecular complexity index is 3660. The molecule has 0 amide bonds. The summed E-state index contributed by atoms with van der Waals surface area (Å²) in [6.07, 6.45) is 4.60. The molecule has 2 aromatic heterocycles. The maximum atomic E-state index is 12.8. The Kier molecular flexibility index (Phi) is 11.7. The summed E-state index contributed by atoms with van der Waals surface area (Å²) in [7, 11) is 0. The van der Waals surface area contributed by atoms with E-state index in [1.807, 2.05) is 48.7 Å². The minimum Gasteiger partial charge on any atom is -0.507 e. The Morgan fingerprint density at radius 3 is 1.75 bits per heavy atom. The van der Waals surface area contributed by atoms with E-state index in [0.717, 1.165) is 120 Å². The quantitative estimate of drug-likeness (QED) is 0.149. The van der Waals surface area contributed by atoms with Gasteiger partial charge in [-0.3, -0.25) is 9.55 Å². The molecule has 4 heteroatoms. The molecule has 0 saturated heterocycles. The van der Waals surface area contributed by atoms with Crippen molar-refractivity contribution in [2.24, 2.45) is 5.92 Å². The van der Waals surface area contributed by atoms with Gasteiger partial charge >= 0.3 is 0 Å². The van der Waals surface area contributed by atoms with Crippen LogP contribution >= 0.6 is 0 Å². The van der Waals surface area contributed by atoms with E-state index in [0.29, 0.717) is 11.4 Å². The molecule has 72 heavy (non-hydrogen) atoms. The van der Waals surface area contributed by atoms with E-state index in [4.69, 9.17) is 12.7 Å². The number of hydrogen-bond donors (Lipinski definition) is 1. The van der Waals surface area contributed by atoms with Gasteiger partial charge in [0.2, 0.25) is 0 Å². The topological polar surface area (TPSA) is 50.9 Å². The molecule has 1 saturated carbocycles. The Balaban J connectivity index is 1.14. The van der Waals surface area contributed by atoms with Gasteiger partial charge in [-0.1, -0.05) is 201 Å². The van der Waals surface area contributed by atoms with Crippen molar-refractivity contribution in [2.75, 3.05) is 0 Å². The highest BCUT2D eigenvalue weighted by Gasteiger charge is 2.28. The molecule has 11 rings (SSSR count). The molecular weight excluding hydrogens is 875 g/mol. The zero-order chi connectivity index (χ0) is 51.4. The highest BCUT2D eigenvalue weighted by molar-refractivity contribution is 5.99. The second kappa shape index (κ2) is 19.1. The van der Waals surface area contributed by atoms with Crippen LogP contribution in [0.5, 0.6) is 5.75 Å². The lowest BCUT2D eigenvalue weighted by Crippen LogP contribution is -2.13. The van der Waals surface area contributed by atoms with Gasteiger partial charge in [0.15, 0.2) is 0 Å². The van der Waals surface area contributed by atoms with Gasteiger partial charge in [-0.05, 0) is 139 Å². The molecule has 356 valence electrons. The second-order valence-electron chi connectivity index (χ2n) is 21.6. The Labute approximate surface area is 428 Å². The molecule has 1 aliphatic carbocycles. The van der Waals surface area contributed by atoms with E-state index in [9.17, 15) is 5.11 Å². The molecule has 10 aromatic rings. The van der Waals surface area contributed by atoms with Crippen molar-refractivity contribution >= 4 is 11.0 Å². The number of pyridine rings is 1. The van der Waals surface area contributed by atoms with E-state index in [1.165, 1.54) is 5.56 Å². The summed E-state index contributed by atoms with van der Waals surface area (Å²) in [5, 5.41) is 12.8. The number of benzene rings is 8. The van der Waals surface area contributed by atoms with E-state index in [2.05, 4.69) is 198 Å². The summed E-state index contributed by atoms with van der Waals surface area (Å²) in [5.74, 6) is 0.880. The SMILES string of the molecule is [2H]C([2H])(c1ccc(-c2ccnc(-c3cc(-c4ccccc4)cc(-c4cccc5c4nc(-c4cc(C(C)(C)C)cc(-c6ccccc6)c4O)n5-c4ccc(C(C)(C)C)cc4-c4ccccc4)c3)c2)cc1)C1CCCC1. The Hall–Kier alpha value is -7.82. The van der Waals surface area contributed by atoms with Crippen LogP contribution in [0.25, 0.3) is 95.0 Å². The predicted octanol–water partition coefficient (Wildman–Crippen LogP) is 18.1. The lowest BCUT2D eigenvalue weighted by molar-refractivity contribution is 0.477. The minimum atomic E-state index is -1.35. The smallest absolute Gasteiger partial charge is 0.149 e. The van der Waals surface area contributed by atoms with E-state index in [1.54, 1.807) is 0 Å². The first-order valence-corrected chi connectivity index (χ1v) is 25.6. The minimum absolute atomic E-state index is 0.0595. The number of imidazole rings is 1. The van der Waals surface area contributed by atoms with Crippen LogP contribution in [-0.4, -0.2) is 19.6 Å². The lowest BCUT2D eigenvalue weighted by atomic mass is 9.83. The van der Waals surface area contributed by atoms with Crippen molar-refractivity contribution in [3.05, 3.63) is 217 Å². The van der Waals surface area contributed by atoms with E-state index < -0.39 is 6.37 Å². The number of phenolic OH excluding ortho intramolecular Hbond substituents is 1. The summed E-state index contributed by atoms with van der Waals surface area (Å²) in [6, 6.07) is 67.7. The van der Waals surface area contributed by atoms with Crippen molar-refractivity contribution in [1.82, 2.24) is 14.5 Å². The molecule has 1 aliphatic rings. The maximum absolute atomic E-state index is 12.8. The van der Waals surface area contributed by atoms with Crippen molar-refractivity contribution in [3.8, 4) is 89.7 Å². The highest BCUT2D eigenvalue weighted by atomic mass is 16.3. The third-order valence-electron chi connectivity index (χ3n) is 14.5. The van der Waals surface area contributed by atoms with Crippen molar-refractivity contribution in [3.63, 3.8) is 0 Å². The molecule has 4 nitrogen and oxygen atoms in total. The molecular formula is C68H63N3O. The molecule has 8 aromatic carbocycles. The fraction of sp³-hybridized carbons (Fsp3) is 0.206. The van der Waals surface area contributed by atoms with Gasteiger partial charge in [0.25, 0.3) is 0 Å². The first kappa shape index (κ1) is 44.1. The highest BCUT2D eigenvalue weighted by Crippen LogP contribution is 2.46. The monoisotopic (exact) mass is 940 g/mol. The summed E-state index contributed by atoms with van der Waals surface area (Å²) in [5.41, 5.74) is 17.8. The number of aromatic hydroxyl groups is 1. The summed E-state index contributed by atoms with van der Waals surface area (Å²) in [6.45, 7) is 13.4. The number of hydrogen-bond acceptors (Lipinski definition) is 3. The van der Waals surface area contributed by atoms with Crippen LogP contribution in [0.3, 0.4) is 0 Å². The normalized spacial score (nSPS) is 13.9. The standard InChI is InChI=1S/C68H63N3O/c1-67(2,3)55-33-34-62(58(42-55)49-23-12-8-13-24-49)71-63-28-18-27-57(64(63)70-66(71)60-44-56(68(4,5)6)43-59(65(60)72)50-25-14-9-15-26-50)53-38-52(47-21-10-7-11-22-47)39-54(40-53)61-41-51(35-36-69-61)48-31-29-46(30-32-48)37-45-19-16-17-20-45/h7-15,18,21-36,38-45,72H,16-17,19-20,37H2,1-6H3/i37D2. The molecule has 0 unspecified atom stereocenters. The number of fused-ring (bicyclic) bond motifs is 1. The van der Waals surface area contributed by atoms with Crippen LogP contribution in [0.15, 0.2) is 200 Å². The molecule has 1 fully saturated rings. The Morgan fingerprint density at radius 1 is 0.500 bits per heavy atom. The van der Waals surface area contributed by atoms with Crippen LogP contribution in [0, 0.1) is 5.92 Å². The molecule has 1 N–H and O–H groups in total.